The minimum atomic E-state index is -0.601. The van der Waals surface area contributed by atoms with E-state index in [1.807, 2.05) is 49.1 Å². The van der Waals surface area contributed by atoms with Crippen molar-refractivity contribution >= 4 is 29.5 Å². The summed E-state index contributed by atoms with van der Waals surface area (Å²) in [4.78, 5) is 45.1. The van der Waals surface area contributed by atoms with Crippen molar-refractivity contribution in [2.75, 3.05) is 39.3 Å². The number of hydrogen-bond acceptors (Lipinski definition) is 5. The van der Waals surface area contributed by atoms with E-state index >= 15 is 0 Å². The Bertz CT molecular complexity index is 1170. The van der Waals surface area contributed by atoms with E-state index in [0.717, 1.165) is 5.56 Å². The van der Waals surface area contributed by atoms with Crippen LogP contribution in [0.25, 0.3) is 0 Å². The van der Waals surface area contributed by atoms with Crippen molar-refractivity contribution in [3.8, 4) is 0 Å². The fourth-order valence-electron chi connectivity index (χ4n) is 5.00. The quantitative estimate of drug-likeness (QED) is 0.552. The third-order valence-electron chi connectivity index (χ3n) is 6.82. The summed E-state index contributed by atoms with van der Waals surface area (Å²) in [5, 5.41) is 3.58. The monoisotopic (exact) mass is 524 g/mol. The minimum absolute atomic E-state index is 0.0355. The van der Waals surface area contributed by atoms with Gasteiger partial charge in [0.2, 0.25) is 0 Å². The van der Waals surface area contributed by atoms with Crippen LogP contribution < -0.4 is 5.32 Å². The van der Waals surface area contributed by atoms with Crippen molar-refractivity contribution in [1.82, 2.24) is 20.0 Å². The summed E-state index contributed by atoms with van der Waals surface area (Å²) in [5.74, 6) is -0.471. The average molecular weight is 525 g/mol. The molecule has 2 aromatic carbocycles. The number of ether oxygens (including phenoxy) is 1. The number of rotatable bonds is 7. The zero-order valence-electron chi connectivity index (χ0n) is 21.4. The molecule has 2 aliphatic heterocycles. The van der Waals surface area contributed by atoms with E-state index in [2.05, 4.69) is 10.2 Å². The van der Waals surface area contributed by atoms with Crippen LogP contribution in [-0.2, 0) is 9.53 Å². The predicted octanol–water partition coefficient (Wildman–Crippen LogP) is 4.09. The first kappa shape index (κ1) is 26.7. The highest BCUT2D eigenvalue weighted by Crippen LogP contribution is 2.32. The average Bonchev–Trinajstić information content (AvgIpc) is 2.89. The molecule has 37 heavy (non-hydrogen) atoms. The van der Waals surface area contributed by atoms with Crippen LogP contribution in [-0.4, -0.2) is 78.0 Å². The fourth-order valence-corrected chi connectivity index (χ4v) is 5.13. The molecule has 4 rings (SSSR count). The lowest BCUT2D eigenvalue weighted by Crippen LogP contribution is -2.56. The number of nitrogens with one attached hydrogen (secondary N) is 1. The zero-order valence-corrected chi connectivity index (χ0v) is 22.2. The Hall–Kier alpha value is -3.36. The third-order valence-corrected chi connectivity index (χ3v) is 7.07. The van der Waals surface area contributed by atoms with Gasteiger partial charge in [0.15, 0.2) is 0 Å². The molecule has 1 saturated heterocycles. The first-order valence-electron chi connectivity index (χ1n) is 12.7. The van der Waals surface area contributed by atoms with Crippen LogP contribution in [0, 0.1) is 0 Å². The number of carbonyl (C=O) groups is 3. The lowest BCUT2D eigenvalue weighted by molar-refractivity contribution is -0.139. The third kappa shape index (κ3) is 5.81. The standard InChI is InChI=1S/C28H33ClN4O4/c1-4-32-23(24(27(35)37-5-2)25(30-28(32)36)20-9-7-6-8-10-20)18-31-15-16-33(19(3)17-31)26(34)21-11-13-22(29)14-12-21/h6-14,19,25H,4-5,15-18H2,1-3H3,(H,30,36)/t19-,25+/m1/s1. The Kier molecular flexibility index (Phi) is 8.51. The van der Waals surface area contributed by atoms with E-state index in [1.165, 1.54) is 0 Å². The molecular formula is C28H33ClN4O4. The van der Waals surface area contributed by atoms with Gasteiger partial charge in [-0.05, 0) is 50.6 Å². The molecule has 2 heterocycles. The number of esters is 1. The van der Waals surface area contributed by atoms with Gasteiger partial charge in [0, 0.05) is 55.0 Å². The number of amides is 3. The van der Waals surface area contributed by atoms with Crippen molar-refractivity contribution in [3.63, 3.8) is 0 Å². The maximum absolute atomic E-state index is 13.2. The zero-order chi connectivity index (χ0) is 26.5. The molecule has 0 aliphatic carbocycles. The van der Waals surface area contributed by atoms with Crippen LogP contribution in [0.4, 0.5) is 4.79 Å². The Labute approximate surface area is 222 Å². The van der Waals surface area contributed by atoms with Crippen molar-refractivity contribution in [2.45, 2.75) is 32.9 Å². The van der Waals surface area contributed by atoms with Crippen molar-refractivity contribution < 1.29 is 19.1 Å². The van der Waals surface area contributed by atoms with Gasteiger partial charge in [-0.15, -0.1) is 0 Å². The van der Waals surface area contributed by atoms with Gasteiger partial charge in [0.1, 0.15) is 0 Å². The van der Waals surface area contributed by atoms with Gasteiger partial charge in [-0.2, -0.15) is 0 Å². The molecular weight excluding hydrogens is 492 g/mol. The molecule has 1 fully saturated rings. The lowest BCUT2D eigenvalue weighted by Gasteiger charge is -2.43. The molecule has 0 aromatic heterocycles. The largest absolute Gasteiger partial charge is 0.463 e. The molecule has 3 amide bonds. The van der Waals surface area contributed by atoms with Crippen LogP contribution in [0.5, 0.6) is 0 Å². The van der Waals surface area contributed by atoms with Crippen LogP contribution in [0.15, 0.2) is 65.9 Å². The molecule has 0 spiro atoms. The molecule has 2 aromatic rings. The fraction of sp³-hybridized carbons (Fsp3) is 0.393. The van der Waals surface area contributed by atoms with E-state index in [-0.39, 0.29) is 24.6 Å². The Morgan fingerprint density at radius 2 is 1.76 bits per heavy atom. The number of likely N-dealkylation sites (N-methyl/N-ethyl adjacent to an activating group) is 1. The van der Waals surface area contributed by atoms with E-state index in [9.17, 15) is 14.4 Å². The Morgan fingerprint density at radius 3 is 2.38 bits per heavy atom. The van der Waals surface area contributed by atoms with Crippen LogP contribution >= 0.6 is 11.6 Å². The molecule has 196 valence electrons. The molecule has 8 nitrogen and oxygen atoms in total. The second kappa shape index (κ2) is 11.8. The number of benzene rings is 2. The number of urea groups is 1. The van der Waals surface area contributed by atoms with Gasteiger partial charge in [-0.1, -0.05) is 41.9 Å². The molecule has 0 saturated carbocycles. The smallest absolute Gasteiger partial charge is 0.338 e. The first-order valence-corrected chi connectivity index (χ1v) is 13.0. The number of hydrogen-bond donors (Lipinski definition) is 1. The van der Waals surface area contributed by atoms with Crippen molar-refractivity contribution in [2.24, 2.45) is 0 Å². The van der Waals surface area contributed by atoms with E-state index in [1.54, 1.807) is 36.1 Å². The second-order valence-corrected chi connectivity index (χ2v) is 9.64. The molecule has 2 aliphatic rings. The number of carbonyl (C=O) groups excluding carboxylic acids is 3. The maximum Gasteiger partial charge on any atom is 0.338 e. The normalized spacial score (nSPS) is 20.6. The van der Waals surface area contributed by atoms with Gasteiger partial charge < -0.3 is 15.0 Å². The molecule has 0 bridgehead atoms. The summed E-state index contributed by atoms with van der Waals surface area (Å²) < 4.78 is 5.45. The summed E-state index contributed by atoms with van der Waals surface area (Å²) in [5.41, 5.74) is 2.51. The molecule has 1 N–H and O–H groups in total. The predicted molar refractivity (Wildman–Crippen MR) is 142 cm³/mol. The lowest BCUT2D eigenvalue weighted by atomic mass is 9.94. The second-order valence-electron chi connectivity index (χ2n) is 9.21. The summed E-state index contributed by atoms with van der Waals surface area (Å²) in [6, 6.07) is 15.5. The topological polar surface area (TPSA) is 82.2 Å². The number of nitrogens with zero attached hydrogens (tertiary/aromatic N) is 3. The van der Waals surface area contributed by atoms with Crippen molar-refractivity contribution in [1.29, 1.82) is 0 Å². The van der Waals surface area contributed by atoms with Gasteiger partial charge >= 0.3 is 12.0 Å². The summed E-state index contributed by atoms with van der Waals surface area (Å²) in [6.45, 7) is 8.46. The number of piperazine rings is 1. The highest BCUT2D eigenvalue weighted by Gasteiger charge is 2.39. The van der Waals surface area contributed by atoms with Gasteiger partial charge in [0.05, 0.1) is 18.2 Å². The molecule has 9 heteroatoms. The minimum Gasteiger partial charge on any atom is -0.463 e. The summed E-state index contributed by atoms with van der Waals surface area (Å²) in [7, 11) is 0. The van der Waals surface area contributed by atoms with Gasteiger partial charge in [-0.3, -0.25) is 14.6 Å². The highest BCUT2D eigenvalue weighted by molar-refractivity contribution is 6.30. The van der Waals surface area contributed by atoms with E-state index in [0.29, 0.717) is 54.6 Å². The highest BCUT2D eigenvalue weighted by atomic mass is 35.5. The van der Waals surface area contributed by atoms with E-state index in [4.69, 9.17) is 16.3 Å². The molecule has 0 radical (unpaired) electrons. The van der Waals surface area contributed by atoms with Crippen LogP contribution in [0.3, 0.4) is 0 Å². The summed E-state index contributed by atoms with van der Waals surface area (Å²) in [6.07, 6.45) is 0. The summed E-state index contributed by atoms with van der Waals surface area (Å²) >= 11 is 5.98. The van der Waals surface area contributed by atoms with Crippen molar-refractivity contribution in [3.05, 3.63) is 82.0 Å². The first-order chi connectivity index (χ1) is 17.8. The van der Waals surface area contributed by atoms with E-state index < -0.39 is 12.0 Å². The van der Waals surface area contributed by atoms with Gasteiger partial charge in [-0.25, -0.2) is 9.59 Å². The van der Waals surface area contributed by atoms with Crippen LogP contribution in [0.2, 0.25) is 5.02 Å². The molecule has 2 atom stereocenters. The maximum atomic E-state index is 13.2. The van der Waals surface area contributed by atoms with Crippen LogP contribution in [0.1, 0.15) is 42.7 Å². The Balaban J connectivity index is 1.61. The number of halogens is 1. The SMILES string of the molecule is CCOC(=O)C1=C(CN2CCN(C(=O)c3ccc(Cl)cc3)[C@H](C)C2)N(CC)C(=O)N[C@H]1c1ccccc1. The van der Waals surface area contributed by atoms with Gasteiger partial charge in [0.25, 0.3) is 5.91 Å². The molecule has 0 unspecified atom stereocenters. The Morgan fingerprint density at radius 1 is 1.05 bits per heavy atom.